The highest BCUT2D eigenvalue weighted by atomic mass is 32.1. The number of hydrogen-bond donors (Lipinski definition) is 2. The van der Waals surface area contributed by atoms with Gasteiger partial charge in [0.25, 0.3) is 5.91 Å². The number of amides is 3. The number of methoxy groups -OCH3 is 1. The highest BCUT2D eigenvalue weighted by Crippen LogP contribution is 2.37. The Bertz CT molecular complexity index is 639. The predicted molar refractivity (Wildman–Crippen MR) is 87.7 cm³/mol. The van der Waals surface area contributed by atoms with Gasteiger partial charge < -0.3 is 20.3 Å². The van der Waals surface area contributed by atoms with Crippen LogP contribution in [-0.2, 0) is 22.5 Å². The average molecular weight is 339 g/mol. The molecule has 126 valence electrons. The molecule has 2 N–H and O–H groups in total. The maximum absolute atomic E-state index is 12.2. The molecule has 3 amide bonds. The van der Waals surface area contributed by atoms with Crippen molar-refractivity contribution in [2.45, 2.75) is 26.8 Å². The van der Waals surface area contributed by atoms with E-state index in [4.69, 9.17) is 4.74 Å². The monoisotopic (exact) mass is 339 g/mol. The first kappa shape index (κ1) is 17.3. The van der Waals surface area contributed by atoms with Crippen LogP contribution in [0.15, 0.2) is 0 Å². The van der Waals surface area contributed by atoms with Gasteiger partial charge >= 0.3 is 6.09 Å². The summed E-state index contributed by atoms with van der Waals surface area (Å²) >= 11 is 1.34. The van der Waals surface area contributed by atoms with Crippen molar-refractivity contribution in [3.05, 3.63) is 16.0 Å². The molecule has 0 saturated carbocycles. The summed E-state index contributed by atoms with van der Waals surface area (Å²) in [5.74, 6) is -0.551. The second-order valence-electron chi connectivity index (χ2n) is 5.57. The molecule has 1 aromatic rings. The second-order valence-corrected chi connectivity index (χ2v) is 6.68. The number of nitrogens with one attached hydrogen (secondary N) is 2. The van der Waals surface area contributed by atoms with Crippen LogP contribution >= 0.6 is 11.3 Å². The summed E-state index contributed by atoms with van der Waals surface area (Å²) in [5.41, 5.74) is 1.40. The van der Waals surface area contributed by atoms with Gasteiger partial charge in [-0.1, -0.05) is 13.8 Å². The van der Waals surface area contributed by atoms with Crippen LogP contribution in [0.5, 0.6) is 0 Å². The fourth-order valence-corrected chi connectivity index (χ4v) is 3.66. The molecule has 23 heavy (non-hydrogen) atoms. The lowest BCUT2D eigenvalue weighted by atomic mass is 10.0. The SMILES string of the molecule is CNC(=O)c1c(NC(=O)C(C)C)sc2c1CCN(C(=O)OC)C2. The molecule has 1 aliphatic rings. The minimum Gasteiger partial charge on any atom is -0.453 e. The average Bonchev–Trinajstić information content (AvgIpc) is 2.89. The Morgan fingerprint density at radius 3 is 2.57 bits per heavy atom. The molecule has 0 bridgehead atoms. The zero-order valence-electron chi connectivity index (χ0n) is 13.7. The number of ether oxygens (including phenoxy) is 1. The van der Waals surface area contributed by atoms with Crippen LogP contribution < -0.4 is 10.6 Å². The zero-order valence-corrected chi connectivity index (χ0v) is 14.5. The Morgan fingerprint density at radius 1 is 1.30 bits per heavy atom. The summed E-state index contributed by atoms with van der Waals surface area (Å²) in [4.78, 5) is 38.4. The maximum atomic E-state index is 12.2. The van der Waals surface area contributed by atoms with Crippen molar-refractivity contribution in [2.75, 3.05) is 26.0 Å². The van der Waals surface area contributed by atoms with Crippen molar-refractivity contribution in [1.82, 2.24) is 10.2 Å². The molecule has 2 heterocycles. The molecule has 0 atom stereocenters. The van der Waals surface area contributed by atoms with Gasteiger partial charge in [0.05, 0.1) is 19.2 Å². The lowest BCUT2D eigenvalue weighted by molar-refractivity contribution is -0.118. The van der Waals surface area contributed by atoms with Crippen molar-refractivity contribution in [2.24, 2.45) is 5.92 Å². The fraction of sp³-hybridized carbons (Fsp3) is 0.533. The first-order valence-electron chi connectivity index (χ1n) is 7.39. The summed E-state index contributed by atoms with van der Waals surface area (Å²) in [5, 5.41) is 5.98. The quantitative estimate of drug-likeness (QED) is 0.879. The molecule has 0 unspecified atom stereocenters. The Kier molecular flexibility index (Phi) is 5.25. The van der Waals surface area contributed by atoms with Gasteiger partial charge in [0.1, 0.15) is 5.00 Å². The molecule has 0 aromatic carbocycles. The molecule has 0 aliphatic carbocycles. The highest BCUT2D eigenvalue weighted by molar-refractivity contribution is 7.17. The molecule has 8 heteroatoms. The van der Waals surface area contributed by atoms with Crippen molar-refractivity contribution in [3.8, 4) is 0 Å². The number of anilines is 1. The van der Waals surface area contributed by atoms with Gasteiger partial charge in [-0.05, 0) is 12.0 Å². The van der Waals surface area contributed by atoms with Crippen LogP contribution in [0.25, 0.3) is 0 Å². The fourth-order valence-electron chi connectivity index (χ4n) is 2.40. The number of thiophene rings is 1. The van der Waals surface area contributed by atoms with Crippen molar-refractivity contribution in [3.63, 3.8) is 0 Å². The van der Waals surface area contributed by atoms with Crippen LogP contribution in [0, 0.1) is 5.92 Å². The van der Waals surface area contributed by atoms with E-state index in [0.29, 0.717) is 30.1 Å². The summed E-state index contributed by atoms with van der Waals surface area (Å²) in [6.45, 7) is 4.45. The van der Waals surface area contributed by atoms with Crippen molar-refractivity contribution < 1.29 is 19.1 Å². The number of carbonyl (C=O) groups is 3. The van der Waals surface area contributed by atoms with E-state index in [-0.39, 0.29) is 17.7 Å². The van der Waals surface area contributed by atoms with Crippen LogP contribution in [0.2, 0.25) is 0 Å². The number of fused-ring (bicyclic) bond motifs is 1. The van der Waals surface area contributed by atoms with Gasteiger partial charge in [0, 0.05) is 24.4 Å². The van der Waals surface area contributed by atoms with Gasteiger partial charge in [-0.15, -0.1) is 11.3 Å². The van der Waals surface area contributed by atoms with E-state index >= 15 is 0 Å². The predicted octanol–water partition coefficient (Wildman–Crippen LogP) is 1.83. The summed E-state index contributed by atoms with van der Waals surface area (Å²) in [7, 11) is 2.90. The first-order valence-corrected chi connectivity index (χ1v) is 8.21. The molecule has 0 radical (unpaired) electrons. The van der Waals surface area contributed by atoms with Gasteiger partial charge in [0.15, 0.2) is 0 Å². The molecule has 1 aliphatic heterocycles. The number of nitrogens with zero attached hydrogens (tertiary/aromatic N) is 1. The van der Waals surface area contributed by atoms with E-state index in [9.17, 15) is 14.4 Å². The normalized spacial score (nSPS) is 13.5. The van der Waals surface area contributed by atoms with Crippen molar-refractivity contribution in [1.29, 1.82) is 0 Å². The zero-order chi connectivity index (χ0) is 17.1. The summed E-state index contributed by atoms with van der Waals surface area (Å²) in [6.07, 6.45) is 0.166. The Hall–Kier alpha value is -2.09. The van der Waals surface area contributed by atoms with E-state index in [1.165, 1.54) is 18.4 Å². The van der Waals surface area contributed by atoms with E-state index in [1.807, 2.05) is 0 Å². The van der Waals surface area contributed by atoms with Gasteiger partial charge in [0.2, 0.25) is 5.91 Å². The van der Waals surface area contributed by atoms with Crippen LogP contribution in [-0.4, -0.2) is 43.5 Å². The molecule has 0 spiro atoms. The van der Waals surface area contributed by atoms with Crippen LogP contribution in [0.1, 0.15) is 34.6 Å². The molecule has 2 rings (SSSR count). The third-order valence-corrected chi connectivity index (χ3v) is 4.84. The third kappa shape index (κ3) is 3.47. The summed E-state index contributed by atoms with van der Waals surface area (Å²) < 4.78 is 4.75. The van der Waals surface area contributed by atoms with Gasteiger partial charge in [-0.3, -0.25) is 9.59 Å². The largest absolute Gasteiger partial charge is 0.453 e. The smallest absolute Gasteiger partial charge is 0.409 e. The molecule has 0 fully saturated rings. The standard InChI is InChI=1S/C15H21N3O4S/c1-8(2)12(19)17-14-11(13(20)16-3)9-5-6-18(15(21)22-4)7-10(9)23-14/h8H,5-7H2,1-4H3,(H,16,20)(H,17,19). The number of carbonyl (C=O) groups excluding carboxylic acids is 3. The Labute approximate surface area is 139 Å². The van der Waals surface area contributed by atoms with Crippen molar-refractivity contribution >= 4 is 34.2 Å². The second kappa shape index (κ2) is 6.99. The number of rotatable bonds is 3. The third-order valence-electron chi connectivity index (χ3n) is 3.70. The van der Waals surface area contributed by atoms with E-state index in [2.05, 4.69) is 10.6 Å². The first-order chi connectivity index (χ1) is 10.9. The van der Waals surface area contributed by atoms with E-state index in [1.54, 1.807) is 25.8 Å². The minimum atomic E-state index is -0.390. The molecule has 1 aromatic heterocycles. The summed E-state index contributed by atoms with van der Waals surface area (Å²) in [6, 6.07) is 0. The van der Waals surface area contributed by atoms with Crippen LogP contribution in [0.4, 0.5) is 9.80 Å². The topological polar surface area (TPSA) is 87.7 Å². The lowest BCUT2D eigenvalue weighted by Gasteiger charge is -2.25. The molecular weight excluding hydrogens is 318 g/mol. The molecule has 7 nitrogen and oxygen atoms in total. The maximum Gasteiger partial charge on any atom is 0.409 e. The van der Waals surface area contributed by atoms with Crippen LogP contribution in [0.3, 0.4) is 0 Å². The van der Waals surface area contributed by atoms with E-state index in [0.717, 1.165) is 10.4 Å². The minimum absolute atomic E-state index is 0.140. The lowest BCUT2D eigenvalue weighted by Crippen LogP contribution is -2.35. The van der Waals surface area contributed by atoms with Gasteiger partial charge in [-0.2, -0.15) is 0 Å². The number of hydrogen-bond acceptors (Lipinski definition) is 5. The van der Waals surface area contributed by atoms with Gasteiger partial charge in [-0.25, -0.2) is 4.79 Å². The molecule has 0 saturated heterocycles. The Morgan fingerprint density at radius 2 is 2.00 bits per heavy atom. The molecular formula is C15H21N3O4S. The highest BCUT2D eigenvalue weighted by Gasteiger charge is 2.30. The van der Waals surface area contributed by atoms with E-state index < -0.39 is 6.09 Å². The Balaban J connectivity index is 2.37.